The Labute approximate surface area is 71.4 Å². The maximum atomic E-state index is 10.6. The first kappa shape index (κ1) is 9.01. The Morgan fingerprint density at radius 3 is 2.42 bits per heavy atom. The van der Waals surface area contributed by atoms with Crippen molar-refractivity contribution in [1.29, 1.82) is 5.26 Å². The number of rotatable bonds is 2. The van der Waals surface area contributed by atoms with Gasteiger partial charge in [0.15, 0.2) is 6.04 Å². The third-order valence-corrected chi connectivity index (χ3v) is 2.11. The Morgan fingerprint density at radius 1 is 1.42 bits per heavy atom. The Bertz CT molecular complexity index is 204. The lowest BCUT2D eigenvalue weighted by molar-refractivity contribution is -0.141. The van der Waals surface area contributed by atoms with Crippen molar-refractivity contribution in [3.8, 4) is 6.07 Å². The number of aliphatic carboxylic acids is 1. The molecular weight excluding hydrogens is 156 g/mol. The molecule has 1 unspecified atom stereocenters. The summed E-state index contributed by atoms with van der Waals surface area (Å²) >= 11 is 0. The first-order chi connectivity index (χ1) is 5.75. The predicted molar refractivity (Wildman–Crippen MR) is 42.5 cm³/mol. The fourth-order valence-electron chi connectivity index (χ4n) is 1.47. The van der Waals surface area contributed by atoms with E-state index in [1.54, 1.807) is 11.0 Å². The van der Waals surface area contributed by atoms with Crippen molar-refractivity contribution in [3.63, 3.8) is 0 Å². The van der Waals surface area contributed by atoms with Gasteiger partial charge in [0, 0.05) is 0 Å². The second kappa shape index (κ2) is 4.07. The lowest BCUT2D eigenvalue weighted by Crippen LogP contribution is -2.43. The minimum absolute atomic E-state index is 0.741. The summed E-state index contributed by atoms with van der Waals surface area (Å²) in [4.78, 5) is 12.3. The number of carboxylic acids is 1. The van der Waals surface area contributed by atoms with Crippen molar-refractivity contribution in [2.24, 2.45) is 0 Å². The van der Waals surface area contributed by atoms with Crippen molar-refractivity contribution >= 4 is 5.97 Å². The molecule has 1 rings (SSSR count). The molecule has 66 valence electrons. The van der Waals surface area contributed by atoms with E-state index in [1.807, 2.05) is 0 Å². The topological polar surface area (TPSA) is 64.3 Å². The quantitative estimate of drug-likeness (QED) is 0.650. The van der Waals surface area contributed by atoms with Gasteiger partial charge in [0.05, 0.1) is 6.07 Å². The van der Waals surface area contributed by atoms with Crippen LogP contribution < -0.4 is 0 Å². The van der Waals surface area contributed by atoms with Gasteiger partial charge in [0.1, 0.15) is 0 Å². The Kier molecular flexibility index (Phi) is 3.06. The highest BCUT2D eigenvalue weighted by Gasteiger charge is 2.25. The smallest absolute Gasteiger partial charge is 0.335 e. The fraction of sp³-hybridized carbons (Fsp3) is 0.750. The standard InChI is InChI=1S/C8H12N2O2/c9-6-7(8(11)12)10-4-2-1-3-5-10/h7H,1-5H2,(H,11,12). The van der Waals surface area contributed by atoms with Crippen LogP contribution in [0.25, 0.3) is 0 Å². The zero-order valence-corrected chi connectivity index (χ0v) is 6.86. The molecule has 12 heavy (non-hydrogen) atoms. The molecule has 0 aromatic heterocycles. The van der Waals surface area contributed by atoms with Gasteiger partial charge in [0.2, 0.25) is 0 Å². The molecule has 0 aromatic carbocycles. The van der Waals surface area contributed by atoms with Crippen LogP contribution in [0, 0.1) is 11.3 Å². The molecule has 0 amide bonds. The van der Waals surface area contributed by atoms with E-state index in [2.05, 4.69) is 0 Å². The first-order valence-electron chi connectivity index (χ1n) is 4.12. The van der Waals surface area contributed by atoms with Crippen LogP contribution in [0.2, 0.25) is 0 Å². The lowest BCUT2D eigenvalue weighted by Gasteiger charge is -2.27. The van der Waals surface area contributed by atoms with E-state index in [0.29, 0.717) is 0 Å². The van der Waals surface area contributed by atoms with Gasteiger partial charge in [-0.3, -0.25) is 4.90 Å². The van der Waals surface area contributed by atoms with Gasteiger partial charge >= 0.3 is 5.97 Å². The largest absolute Gasteiger partial charge is 0.479 e. The number of piperidine rings is 1. The summed E-state index contributed by atoms with van der Waals surface area (Å²) in [5.41, 5.74) is 0. The van der Waals surface area contributed by atoms with Gasteiger partial charge in [-0.2, -0.15) is 5.26 Å². The van der Waals surface area contributed by atoms with Gasteiger partial charge in [-0.05, 0) is 25.9 Å². The summed E-state index contributed by atoms with van der Waals surface area (Å²) < 4.78 is 0. The second-order valence-corrected chi connectivity index (χ2v) is 2.97. The number of carbonyl (C=O) groups is 1. The van der Waals surface area contributed by atoms with E-state index in [4.69, 9.17) is 10.4 Å². The molecule has 1 aliphatic heterocycles. The Balaban J connectivity index is 2.53. The van der Waals surface area contributed by atoms with Gasteiger partial charge in [-0.15, -0.1) is 0 Å². The average Bonchev–Trinajstić information content (AvgIpc) is 2.07. The summed E-state index contributed by atoms with van der Waals surface area (Å²) in [6.07, 6.45) is 3.16. The third kappa shape index (κ3) is 1.95. The highest BCUT2D eigenvalue weighted by Crippen LogP contribution is 2.11. The molecule has 0 saturated carbocycles. The maximum Gasteiger partial charge on any atom is 0.335 e. The first-order valence-corrected chi connectivity index (χ1v) is 4.12. The molecule has 0 bridgehead atoms. The Morgan fingerprint density at radius 2 is 2.00 bits per heavy atom. The van der Waals surface area contributed by atoms with E-state index in [1.165, 1.54) is 0 Å². The zero-order valence-electron chi connectivity index (χ0n) is 6.86. The molecule has 0 radical (unpaired) electrons. The molecule has 1 heterocycles. The molecule has 4 nitrogen and oxygen atoms in total. The van der Waals surface area contributed by atoms with Crippen LogP contribution in [0.5, 0.6) is 0 Å². The predicted octanol–water partition coefficient (Wildman–Crippen LogP) is 0.449. The molecular formula is C8H12N2O2. The fourth-order valence-corrected chi connectivity index (χ4v) is 1.47. The molecule has 4 heteroatoms. The summed E-state index contributed by atoms with van der Waals surface area (Å²) in [6.45, 7) is 1.48. The lowest BCUT2D eigenvalue weighted by atomic mass is 10.1. The maximum absolute atomic E-state index is 10.6. The molecule has 1 atom stereocenters. The van der Waals surface area contributed by atoms with Crippen LogP contribution >= 0.6 is 0 Å². The number of hydrogen-bond acceptors (Lipinski definition) is 3. The van der Waals surface area contributed by atoms with Crippen LogP contribution in [0.4, 0.5) is 0 Å². The second-order valence-electron chi connectivity index (χ2n) is 2.97. The van der Waals surface area contributed by atoms with Crippen molar-refractivity contribution < 1.29 is 9.90 Å². The molecule has 1 N–H and O–H groups in total. The molecule has 1 fully saturated rings. The molecule has 0 aromatic rings. The van der Waals surface area contributed by atoms with E-state index in [9.17, 15) is 4.79 Å². The number of nitrogens with zero attached hydrogens (tertiary/aromatic N) is 2. The normalized spacial score (nSPS) is 21.2. The van der Waals surface area contributed by atoms with Crippen LogP contribution in [-0.4, -0.2) is 35.1 Å². The minimum atomic E-state index is -1.03. The number of hydrogen-bond donors (Lipinski definition) is 1. The van der Waals surface area contributed by atoms with Gasteiger partial charge in [-0.25, -0.2) is 4.79 Å². The minimum Gasteiger partial charge on any atom is -0.479 e. The van der Waals surface area contributed by atoms with Crippen molar-refractivity contribution in [2.45, 2.75) is 25.3 Å². The van der Waals surface area contributed by atoms with Gasteiger partial charge < -0.3 is 5.11 Å². The van der Waals surface area contributed by atoms with Crippen LogP contribution in [0.15, 0.2) is 0 Å². The summed E-state index contributed by atoms with van der Waals surface area (Å²) in [6, 6.07) is 0.858. The average molecular weight is 168 g/mol. The molecule has 1 aliphatic rings. The third-order valence-electron chi connectivity index (χ3n) is 2.11. The van der Waals surface area contributed by atoms with Crippen molar-refractivity contribution in [2.75, 3.05) is 13.1 Å². The number of nitriles is 1. The van der Waals surface area contributed by atoms with Gasteiger partial charge in [-0.1, -0.05) is 6.42 Å². The number of carboxylic acid groups (broad SMARTS) is 1. The Hall–Kier alpha value is -1.08. The van der Waals surface area contributed by atoms with Crippen LogP contribution in [-0.2, 0) is 4.79 Å². The summed E-state index contributed by atoms with van der Waals surface area (Å²) in [5.74, 6) is -1.03. The molecule has 0 aliphatic carbocycles. The highest BCUT2D eigenvalue weighted by molar-refractivity contribution is 5.76. The highest BCUT2D eigenvalue weighted by atomic mass is 16.4. The summed E-state index contributed by atoms with van der Waals surface area (Å²) in [7, 11) is 0. The number of likely N-dealkylation sites (tertiary alicyclic amines) is 1. The van der Waals surface area contributed by atoms with Crippen molar-refractivity contribution in [1.82, 2.24) is 4.90 Å². The van der Waals surface area contributed by atoms with Gasteiger partial charge in [0.25, 0.3) is 0 Å². The van der Waals surface area contributed by atoms with Crippen LogP contribution in [0.3, 0.4) is 0 Å². The van der Waals surface area contributed by atoms with E-state index in [0.717, 1.165) is 32.4 Å². The molecule has 0 spiro atoms. The monoisotopic (exact) mass is 168 g/mol. The van der Waals surface area contributed by atoms with E-state index >= 15 is 0 Å². The van der Waals surface area contributed by atoms with E-state index in [-0.39, 0.29) is 0 Å². The zero-order chi connectivity index (χ0) is 8.97. The molecule has 1 saturated heterocycles. The summed E-state index contributed by atoms with van der Waals surface area (Å²) in [5, 5.41) is 17.2. The van der Waals surface area contributed by atoms with Crippen molar-refractivity contribution in [3.05, 3.63) is 0 Å². The van der Waals surface area contributed by atoms with E-state index < -0.39 is 12.0 Å². The van der Waals surface area contributed by atoms with Crippen LogP contribution in [0.1, 0.15) is 19.3 Å². The SMILES string of the molecule is N#CC(C(=O)O)N1CCCCC1.